The summed E-state index contributed by atoms with van der Waals surface area (Å²) >= 11 is 6.05. The summed E-state index contributed by atoms with van der Waals surface area (Å²) in [7, 11) is 0. The largest absolute Gasteiger partial charge is 0.472 e. The van der Waals surface area contributed by atoms with Crippen LogP contribution in [0.25, 0.3) is 0 Å². The molecule has 0 amide bonds. The fourth-order valence-corrected chi connectivity index (χ4v) is 4.06. The van der Waals surface area contributed by atoms with E-state index >= 15 is 0 Å². The zero-order valence-electron chi connectivity index (χ0n) is 13.4. The minimum absolute atomic E-state index is 0.499. The molecular formula is C15H23ClO9. The summed E-state index contributed by atoms with van der Waals surface area (Å²) in [6.07, 6.45) is -9.08. The third kappa shape index (κ3) is 3.18. The second-order valence-electron chi connectivity index (χ2n) is 6.73. The predicted octanol–water partition coefficient (Wildman–Crippen LogP) is -2.36. The zero-order chi connectivity index (χ0) is 18.5. The highest BCUT2D eigenvalue weighted by atomic mass is 35.5. The summed E-state index contributed by atoms with van der Waals surface area (Å²) < 4.78 is 16.3. The van der Waals surface area contributed by atoms with Gasteiger partial charge in [0, 0.05) is 5.92 Å². The molecule has 0 radical (unpaired) electrons. The molecule has 25 heavy (non-hydrogen) atoms. The van der Waals surface area contributed by atoms with E-state index in [1.807, 2.05) is 0 Å². The second kappa shape index (κ2) is 7.26. The molecule has 6 N–H and O–H groups in total. The maximum Gasteiger partial charge on any atom is 0.207 e. The molecule has 2 heterocycles. The Balaban J connectivity index is 1.78. The van der Waals surface area contributed by atoms with Gasteiger partial charge in [-0.05, 0) is 12.5 Å². The van der Waals surface area contributed by atoms with Crippen molar-refractivity contribution < 1.29 is 44.8 Å². The summed E-state index contributed by atoms with van der Waals surface area (Å²) in [5.74, 6) is -1.21. The highest BCUT2D eigenvalue weighted by Crippen LogP contribution is 2.46. The van der Waals surface area contributed by atoms with Gasteiger partial charge in [-0.15, -0.1) is 11.6 Å². The average molecular weight is 383 g/mol. The van der Waals surface area contributed by atoms with Gasteiger partial charge in [-0.2, -0.15) is 0 Å². The first-order valence-corrected chi connectivity index (χ1v) is 8.50. The first-order valence-electron chi connectivity index (χ1n) is 8.06. The summed E-state index contributed by atoms with van der Waals surface area (Å²) in [5.41, 5.74) is 0.688. The molecule has 10 heteroatoms. The van der Waals surface area contributed by atoms with Gasteiger partial charge in [0.2, 0.25) is 6.29 Å². The molecule has 3 aliphatic rings. The lowest BCUT2D eigenvalue weighted by Crippen LogP contribution is -2.60. The van der Waals surface area contributed by atoms with E-state index in [9.17, 15) is 30.6 Å². The number of halogens is 1. The van der Waals surface area contributed by atoms with Crippen molar-refractivity contribution in [3.8, 4) is 0 Å². The fourth-order valence-electron chi connectivity index (χ4n) is 3.73. The molecule has 3 rings (SSSR count). The Labute approximate surface area is 149 Å². The van der Waals surface area contributed by atoms with Gasteiger partial charge in [0.25, 0.3) is 0 Å². The quantitative estimate of drug-likeness (QED) is 0.295. The van der Waals surface area contributed by atoms with Crippen LogP contribution >= 0.6 is 11.6 Å². The molecular weight excluding hydrogens is 360 g/mol. The normalized spacial score (nSPS) is 53.1. The molecule has 0 bridgehead atoms. The lowest BCUT2D eigenvalue weighted by atomic mass is 9.86. The van der Waals surface area contributed by atoms with E-state index in [-0.39, 0.29) is 0 Å². The number of aliphatic hydroxyl groups is 6. The number of aliphatic hydroxyl groups excluding tert-OH is 6. The molecule has 0 unspecified atom stereocenters. The van der Waals surface area contributed by atoms with Crippen molar-refractivity contribution in [2.24, 2.45) is 11.8 Å². The van der Waals surface area contributed by atoms with Gasteiger partial charge in [-0.1, -0.05) is 0 Å². The Morgan fingerprint density at radius 1 is 1.00 bits per heavy atom. The first kappa shape index (κ1) is 19.3. The lowest BCUT2D eigenvalue weighted by molar-refractivity contribution is -0.343. The van der Waals surface area contributed by atoms with E-state index in [1.165, 1.54) is 6.26 Å². The lowest BCUT2D eigenvalue weighted by Gasteiger charge is -2.43. The number of ether oxygens (including phenoxy) is 3. The third-order valence-corrected chi connectivity index (χ3v) is 5.69. The van der Waals surface area contributed by atoms with E-state index in [0.29, 0.717) is 5.57 Å². The highest BCUT2D eigenvalue weighted by Gasteiger charge is 2.56. The third-order valence-electron chi connectivity index (χ3n) is 5.17. The Morgan fingerprint density at radius 3 is 2.32 bits per heavy atom. The molecule has 9 nitrogen and oxygen atoms in total. The SMILES string of the molecule is CC1=CO[C@@H](O[C@@H]2O[C@@H](CO)[C@H](O)[C@@H](O)[C@H]2O)[C@@H]2[C@@H](O)[C@H](Cl)[C@@H](O)[C@H]12. The molecule has 2 aliphatic heterocycles. The average Bonchev–Trinajstić information content (AvgIpc) is 2.83. The van der Waals surface area contributed by atoms with E-state index < -0.39 is 73.0 Å². The van der Waals surface area contributed by atoms with Gasteiger partial charge < -0.3 is 44.8 Å². The van der Waals surface area contributed by atoms with Gasteiger partial charge in [0.1, 0.15) is 24.4 Å². The Morgan fingerprint density at radius 2 is 1.68 bits per heavy atom. The van der Waals surface area contributed by atoms with Crippen molar-refractivity contribution in [2.75, 3.05) is 6.61 Å². The Bertz CT molecular complexity index is 515. The van der Waals surface area contributed by atoms with Crippen LogP contribution in [-0.4, -0.2) is 91.8 Å². The summed E-state index contributed by atoms with van der Waals surface area (Å²) in [6, 6.07) is 0. The van der Waals surface area contributed by atoms with Crippen LogP contribution in [0.3, 0.4) is 0 Å². The van der Waals surface area contributed by atoms with Crippen molar-refractivity contribution in [3.63, 3.8) is 0 Å². The maximum atomic E-state index is 10.3. The molecule has 1 saturated carbocycles. The number of alkyl halides is 1. The van der Waals surface area contributed by atoms with Crippen LogP contribution in [0.1, 0.15) is 6.92 Å². The van der Waals surface area contributed by atoms with Gasteiger partial charge in [-0.3, -0.25) is 0 Å². The molecule has 0 spiro atoms. The van der Waals surface area contributed by atoms with Gasteiger partial charge in [0.05, 0.1) is 36.4 Å². The van der Waals surface area contributed by atoms with E-state index in [1.54, 1.807) is 6.92 Å². The van der Waals surface area contributed by atoms with E-state index in [0.717, 1.165) is 0 Å². The van der Waals surface area contributed by atoms with Crippen LogP contribution in [0.15, 0.2) is 11.8 Å². The highest BCUT2D eigenvalue weighted by molar-refractivity contribution is 6.21. The number of fused-ring (bicyclic) bond motifs is 1. The monoisotopic (exact) mass is 382 g/mol. The molecule has 0 aromatic carbocycles. The minimum atomic E-state index is -1.60. The zero-order valence-corrected chi connectivity index (χ0v) is 14.2. The van der Waals surface area contributed by atoms with Crippen molar-refractivity contribution in [3.05, 3.63) is 11.8 Å². The van der Waals surface area contributed by atoms with Gasteiger partial charge >= 0.3 is 0 Å². The van der Waals surface area contributed by atoms with Crippen molar-refractivity contribution in [2.45, 2.75) is 61.5 Å². The summed E-state index contributed by atoms with van der Waals surface area (Å²) in [6.45, 7) is 1.14. The van der Waals surface area contributed by atoms with Crippen molar-refractivity contribution >= 4 is 11.6 Å². The van der Waals surface area contributed by atoms with E-state index in [2.05, 4.69) is 0 Å². The Hall–Kier alpha value is -0.490. The fraction of sp³-hybridized carbons (Fsp3) is 0.867. The smallest absolute Gasteiger partial charge is 0.207 e. The van der Waals surface area contributed by atoms with Crippen LogP contribution in [0.2, 0.25) is 0 Å². The number of rotatable bonds is 3. The van der Waals surface area contributed by atoms with Crippen molar-refractivity contribution in [1.82, 2.24) is 0 Å². The maximum absolute atomic E-state index is 10.3. The molecule has 11 atom stereocenters. The predicted molar refractivity (Wildman–Crippen MR) is 82.1 cm³/mol. The van der Waals surface area contributed by atoms with Crippen LogP contribution < -0.4 is 0 Å². The molecule has 2 fully saturated rings. The van der Waals surface area contributed by atoms with Gasteiger partial charge in [-0.25, -0.2) is 0 Å². The van der Waals surface area contributed by atoms with Crippen molar-refractivity contribution in [1.29, 1.82) is 0 Å². The van der Waals surface area contributed by atoms with Crippen LogP contribution in [0, 0.1) is 11.8 Å². The summed E-state index contributed by atoms with van der Waals surface area (Å²) in [4.78, 5) is 0. The molecule has 0 aromatic rings. The molecule has 1 aliphatic carbocycles. The molecule has 144 valence electrons. The van der Waals surface area contributed by atoms with Crippen LogP contribution in [0.5, 0.6) is 0 Å². The summed E-state index contributed by atoms with van der Waals surface area (Å²) in [5, 5.41) is 58.6. The molecule has 0 aromatic heterocycles. The van der Waals surface area contributed by atoms with Gasteiger partial charge in [0.15, 0.2) is 6.29 Å². The first-order chi connectivity index (χ1) is 11.8. The van der Waals surface area contributed by atoms with Crippen LogP contribution in [0.4, 0.5) is 0 Å². The Kier molecular flexibility index (Phi) is 5.60. The van der Waals surface area contributed by atoms with E-state index in [4.69, 9.17) is 25.8 Å². The molecule has 1 saturated heterocycles. The number of hydrogen-bond donors (Lipinski definition) is 6. The second-order valence-corrected chi connectivity index (χ2v) is 7.23. The van der Waals surface area contributed by atoms with Crippen LogP contribution in [-0.2, 0) is 14.2 Å². The standard InChI is InChI=1S/C15H23ClO9/c1-4-3-23-14(7-6(4)10(19)8(16)11(7)20)25-15-13(22)12(21)9(18)5(2-17)24-15/h3,5-15,17-22H,2H2,1H3/t5-,6+,7-,8+,9-,10-,11+,12+,13+,14-,15-/m0/s1. The number of hydrogen-bond acceptors (Lipinski definition) is 9. The topological polar surface area (TPSA) is 149 Å². The minimum Gasteiger partial charge on any atom is -0.472 e.